The van der Waals surface area contributed by atoms with Crippen molar-refractivity contribution in [1.29, 1.82) is 0 Å². The largest absolute Gasteiger partial charge is 0.507 e. The van der Waals surface area contributed by atoms with Crippen LogP contribution in [-0.4, -0.2) is 37.0 Å². The number of benzene rings is 3. The summed E-state index contributed by atoms with van der Waals surface area (Å²) in [5.74, 6) is -1.86. The molecule has 1 fully saturated rings. The average molecular weight is 472 g/mol. The van der Waals surface area contributed by atoms with E-state index >= 15 is 0 Å². The van der Waals surface area contributed by atoms with Gasteiger partial charge in [-0.1, -0.05) is 54.1 Å². The summed E-state index contributed by atoms with van der Waals surface area (Å²) in [6.07, 6.45) is 0.0880. The number of aliphatic hydroxyl groups is 1. The molecular formula is C28H25NO6. The highest BCUT2D eigenvalue weighted by atomic mass is 16.5. The molecule has 0 radical (unpaired) electrons. The van der Waals surface area contributed by atoms with Crippen LogP contribution < -0.4 is 9.64 Å². The van der Waals surface area contributed by atoms with Crippen molar-refractivity contribution < 1.29 is 29.0 Å². The molecule has 0 aromatic heterocycles. The van der Waals surface area contributed by atoms with Crippen molar-refractivity contribution in [2.75, 3.05) is 19.1 Å². The number of aliphatic hydroxyl groups excluding tert-OH is 1. The highest BCUT2D eigenvalue weighted by molar-refractivity contribution is 6.51. The Bertz CT molecular complexity index is 1330. The third-order valence-corrected chi connectivity index (χ3v) is 5.96. The van der Waals surface area contributed by atoms with Crippen LogP contribution >= 0.6 is 0 Å². The number of ketones is 1. The Labute approximate surface area is 203 Å². The summed E-state index contributed by atoms with van der Waals surface area (Å²) in [6.45, 7) is 1.91. The fourth-order valence-electron chi connectivity index (χ4n) is 4.25. The lowest BCUT2D eigenvalue weighted by molar-refractivity contribution is -0.139. The SMILES string of the molecule is COC(=O)Cc1ccc(N2C(=O)C(=O)/C(=C(\O)c3ccccc3OC)C2c2cccc(C)c2)cc1. The number of amides is 1. The van der Waals surface area contributed by atoms with Crippen molar-refractivity contribution >= 4 is 29.1 Å². The van der Waals surface area contributed by atoms with E-state index in [-0.39, 0.29) is 23.7 Å². The number of rotatable bonds is 6. The van der Waals surface area contributed by atoms with E-state index in [0.29, 0.717) is 28.1 Å². The molecule has 0 saturated carbocycles. The number of methoxy groups -OCH3 is 2. The van der Waals surface area contributed by atoms with Gasteiger partial charge in [-0.25, -0.2) is 0 Å². The molecule has 178 valence electrons. The molecule has 1 aliphatic rings. The zero-order valence-electron chi connectivity index (χ0n) is 19.6. The molecule has 1 unspecified atom stereocenters. The number of Topliss-reactive ketones (excluding diaryl/α,β-unsaturated/α-hetero) is 1. The normalized spacial score (nSPS) is 16.9. The minimum Gasteiger partial charge on any atom is -0.507 e. The number of aryl methyl sites for hydroxylation is 1. The molecule has 1 amide bonds. The van der Waals surface area contributed by atoms with E-state index in [1.165, 1.54) is 19.1 Å². The molecule has 0 aliphatic carbocycles. The predicted octanol–water partition coefficient (Wildman–Crippen LogP) is 4.35. The molecule has 4 rings (SSSR count). The lowest BCUT2D eigenvalue weighted by Crippen LogP contribution is -2.29. The van der Waals surface area contributed by atoms with E-state index in [0.717, 1.165) is 5.56 Å². The number of hydrogen-bond acceptors (Lipinski definition) is 6. The topological polar surface area (TPSA) is 93.1 Å². The molecule has 1 heterocycles. The van der Waals surface area contributed by atoms with Crippen LogP contribution in [0.1, 0.15) is 28.3 Å². The Hall–Kier alpha value is -4.39. The third-order valence-electron chi connectivity index (χ3n) is 5.96. The van der Waals surface area contributed by atoms with E-state index in [4.69, 9.17) is 9.47 Å². The van der Waals surface area contributed by atoms with Crippen molar-refractivity contribution in [1.82, 2.24) is 0 Å². The van der Waals surface area contributed by atoms with Crippen molar-refractivity contribution in [2.24, 2.45) is 0 Å². The quantitative estimate of drug-likeness (QED) is 0.249. The second-order valence-electron chi connectivity index (χ2n) is 8.20. The Kier molecular flexibility index (Phi) is 6.68. The number of carbonyl (C=O) groups excluding carboxylic acids is 3. The maximum absolute atomic E-state index is 13.3. The second-order valence-corrected chi connectivity index (χ2v) is 8.20. The number of carbonyl (C=O) groups is 3. The number of para-hydroxylation sites is 1. The Morgan fingerprint density at radius 2 is 1.69 bits per heavy atom. The van der Waals surface area contributed by atoms with Gasteiger partial charge in [0.05, 0.1) is 37.8 Å². The number of anilines is 1. The van der Waals surface area contributed by atoms with E-state index in [2.05, 4.69) is 0 Å². The Morgan fingerprint density at radius 3 is 2.34 bits per heavy atom. The van der Waals surface area contributed by atoms with Crippen LogP contribution in [0.5, 0.6) is 5.75 Å². The minimum atomic E-state index is -0.855. The lowest BCUT2D eigenvalue weighted by atomic mass is 9.94. The zero-order chi connectivity index (χ0) is 25.1. The summed E-state index contributed by atoms with van der Waals surface area (Å²) in [5, 5.41) is 11.3. The molecule has 1 N–H and O–H groups in total. The van der Waals surface area contributed by atoms with E-state index in [1.807, 2.05) is 31.2 Å². The van der Waals surface area contributed by atoms with Crippen LogP contribution in [0.2, 0.25) is 0 Å². The molecule has 0 bridgehead atoms. The fourth-order valence-corrected chi connectivity index (χ4v) is 4.25. The van der Waals surface area contributed by atoms with Gasteiger partial charge in [0.15, 0.2) is 0 Å². The molecule has 3 aromatic rings. The van der Waals surface area contributed by atoms with Gasteiger partial charge in [-0.3, -0.25) is 19.3 Å². The molecular weight excluding hydrogens is 446 g/mol. The molecule has 0 spiro atoms. The fraction of sp³-hybridized carbons (Fsp3) is 0.179. The van der Waals surface area contributed by atoms with Crippen LogP contribution in [0, 0.1) is 6.92 Å². The number of nitrogens with zero attached hydrogens (tertiary/aromatic N) is 1. The molecule has 35 heavy (non-hydrogen) atoms. The van der Waals surface area contributed by atoms with Crippen molar-refractivity contribution in [3.8, 4) is 5.75 Å². The monoisotopic (exact) mass is 471 g/mol. The average Bonchev–Trinajstić information content (AvgIpc) is 3.14. The molecule has 7 nitrogen and oxygen atoms in total. The highest BCUT2D eigenvalue weighted by Crippen LogP contribution is 2.43. The van der Waals surface area contributed by atoms with Gasteiger partial charge in [0.2, 0.25) is 0 Å². The summed E-state index contributed by atoms with van der Waals surface area (Å²) in [5.41, 5.74) is 3.09. The molecule has 3 aromatic carbocycles. The molecule has 1 atom stereocenters. The highest BCUT2D eigenvalue weighted by Gasteiger charge is 2.47. The Morgan fingerprint density at radius 1 is 0.971 bits per heavy atom. The van der Waals surface area contributed by atoms with Crippen LogP contribution in [0.25, 0.3) is 5.76 Å². The first kappa shape index (κ1) is 23.8. The predicted molar refractivity (Wildman–Crippen MR) is 131 cm³/mol. The molecule has 1 aliphatic heterocycles. The van der Waals surface area contributed by atoms with Crippen molar-refractivity contribution in [2.45, 2.75) is 19.4 Å². The van der Waals surface area contributed by atoms with Gasteiger partial charge in [-0.2, -0.15) is 0 Å². The van der Waals surface area contributed by atoms with Gasteiger partial charge in [-0.15, -0.1) is 0 Å². The number of esters is 1. The smallest absolute Gasteiger partial charge is 0.309 e. The van der Waals surface area contributed by atoms with Gasteiger partial charge >= 0.3 is 5.97 Å². The number of ether oxygens (including phenoxy) is 2. The second kappa shape index (κ2) is 9.85. The van der Waals surface area contributed by atoms with Gasteiger partial charge in [-0.05, 0) is 42.3 Å². The maximum atomic E-state index is 13.3. The lowest BCUT2D eigenvalue weighted by Gasteiger charge is -2.26. The van der Waals surface area contributed by atoms with Crippen LogP contribution in [-0.2, 0) is 25.5 Å². The number of hydrogen-bond donors (Lipinski definition) is 1. The van der Waals surface area contributed by atoms with E-state index in [9.17, 15) is 19.5 Å². The summed E-state index contributed by atoms with van der Waals surface area (Å²) < 4.78 is 10.1. The maximum Gasteiger partial charge on any atom is 0.309 e. The standard InChI is InChI=1S/C28H25NO6/c1-17-7-6-8-19(15-17)25-24(26(31)21-9-4-5-10-22(21)34-2)27(32)28(33)29(25)20-13-11-18(12-14-20)16-23(30)35-3/h4-15,25,31H,16H2,1-3H3/b26-24-. The van der Waals surface area contributed by atoms with Gasteiger partial charge < -0.3 is 14.6 Å². The van der Waals surface area contributed by atoms with Crippen LogP contribution in [0.4, 0.5) is 5.69 Å². The molecule has 1 saturated heterocycles. The van der Waals surface area contributed by atoms with Gasteiger partial charge in [0.25, 0.3) is 11.7 Å². The van der Waals surface area contributed by atoms with Crippen LogP contribution in [0.15, 0.2) is 78.4 Å². The first-order chi connectivity index (χ1) is 16.8. The van der Waals surface area contributed by atoms with Crippen molar-refractivity contribution in [3.63, 3.8) is 0 Å². The van der Waals surface area contributed by atoms with Gasteiger partial charge in [0.1, 0.15) is 11.5 Å². The third kappa shape index (κ3) is 4.53. The molecule has 7 heteroatoms. The summed E-state index contributed by atoms with van der Waals surface area (Å²) in [7, 11) is 2.79. The van der Waals surface area contributed by atoms with E-state index in [1.54, 1.807) is 48.5 Å². The first-order valence-electron chi connectivity index (χ1n) is 11.0. The summed E-state index contributed by atoms with van der Waals surface area (Å²) in [6, 6.07) is 20.1. The Balaban J connectivity index is 1.88. The van der Waals surface area contributed by atoms with Crippen molar-refractivity contribution in [3.05, 3.63) is 101 Å². The van der Waals surface area contributed by atoms with E-state index < -0.39 is 17.7 Å². The zero-order valence-corrected chi connectivity index (χ0v) is 19.6. The minimum absolute atomic E-state index is 0.0243. The summed E-state index contributed by atoms with van der Waals surface area (Å²) >= 11 is 0. The first-order valence-corrected chi connectivity index (χ1v) is 11.0. The van der Waals surface area contributed by atoms with Crippen LogP contribution in [0.3, 0.4) is 0 Å². The summed E-state index contributed by atoms with van der Waals surface area (Å²) in [4.78, 5) is 39.6. The van der Waals surface area contributed by atoms with Gasteiger partial charge in [0, 0.05) is 5.69 Å².